The SMILES string of the molecule is CCOCC(Nc1cc(Cl)nc(C(F)(F)F)n1)C(C)C. The van der Waals surface area contributed by atoms with E-state index in [1.54, 1.807) is 0 Å². The van der Waals surface area contributed by atoms with Crippen molar-refractivity contribution in [2.45, 2.75) is 33.0 Å². The predicted octanol–water partition coefficient (Wildman–Crippen LogP) is 3.62. The normalized spacial score (nSPS) is 13.6. The highest BCUT2D eigenvalue weighted by atomic mass is 35.5. The number of halogens is 4. The van der Waals surface area contributed by atoms with E-state index in [-0.39, 0.29) is 22.9 Å². The van der Waals surface area contributed by atoms with Crippen LogP contribution in [-0.2, 0) is 10.9 Å². The van der Waals surface area contributed by atoms with E-state index in [1.165, 1.54) is 6.07 Å². The first kappa shape index (κ1) is 17.0. The Morgan fingerprint density at radius 2 is 2.00 bits per heavy atom. The molecule has 0 aliphatic rings. The molecule has 1 unspecified atom stereocenters. The summed E-state index contributed by atoms with van der Waals surface area (Å²) < 4.78 is 43.1. The Balaban J connectivity index is 2.92. The number of hydrogen-bond acceptors (Lipinski definition) is 4. The molecule has 1 atom stereocenters. The minimum atomic E-state index is -4.63. The van der Waals surface area contributed by atoms with Crippen LogP contribution >= 0.6 is 11.6 Å². The second kappa shape index (κ2) is 7.08. The molecule has 8 heteroatoms. The van der Waals surface area contributed by atoms with Gasteiger partial charge in [0.05, 0.1) is 12.6 Å². The van der Waals surface area contributed by atoms with Crippen molar-refractivity contribution in [2.24, 2.45) is 5.92 Å². The zero-order valence-corrected chi connectivity index (χ0v) is 12.2. The molecule has 1 N–H and O–H groups in total. The summed E-state index contributed by atoms with van der Waals surface area (Å²) in [6, 6.07) is 1.10. The smallest absolute Gasteiger partial charge is 0.380 e. The maximum atomic E-state index is 12.6. The molecule has 0 saturated carbocycles. The second-order valence-corrected chi connectivity index (χ2v) is 4.94. The van der Waals surface area contributed by atoms with Gasteiger partial charge in [-0.15, -0.1) is 0 Å². The maximum absolute atomic E-state index is 12.6. The van der Waals surface area contributed by atoms with Crippen LogP contribution in [0.3, 0.4) is 0 Å². The van der Waals surface area contributed by atoms with E-state index in [0.29, 0.717) is 13.2 Å². The van der Waals surface area contributed by atoms with Crippen LogP contribution in [0.4, 0.5) is 19.0 Å². The van der Waals surface area contributed by atoms with E-state index < -0.39 is 12.0 Å². The van der Waals surface area contributed by atoms with Crippen LogP contribution in [0.25, 0.3) is 0 Å². The minimum Gasteiger partial charge on any atom is -0.380 e. The largest absolute Gasteiger partial charge is 0.451 e. The monoisotopic (exact) mass is 311 g/mol. The van der Waals surface area contributed by atoms with Gasteiger partial charge >= 0.3 is 6.18 Å². The highest BCUT2D eigenvalue weighted by Gasteiger charge is 2.35. The van der Waals surface area contributed by atoms with Crippen LogP contribution in [-0.4, -0.2) is 29.2 Å². The lowest BCUT2D eigenvalue weighted by atomic mass is 10.1. The van der Waals surface area contributed by atoms with Gasteiger partial charge in [0.25, 0.3) is 0 Å². The van der Waals surface area contributed by atoms with Crippen LogP contribution in [0.5, 0.6) is 0 Å². The van der Waals surface area contributed by atoms with Crippen molar-refractivity contribution < 1.29 is 17.9 Å². The van der Waals surface area contributed by atoms with Crippen LogP contribution in [0, 0.1) is 5.92 Å². The van der Waals surface area contributed by atoms with Crippen molar-refractivity contribution in [2.75, 3.05) is 18.5 Å². The highest BCUT2D eigenvalue weighted by Crippen LogP contribution is 2.28. The molecule has 0 spiro atoms. The highest BCUT2D eigenvalue weighted by molar-refractivity contribution is 6.29. The molecular formula is C12H17ClF3N3O. The van der Waals surface area contributed by atoms with Crippen LogP contribution < -0.4 is 5.32 Å². The summed E-state index contributed by atoms with van der Waals surface area (Å²) in [6.07, 6.45) is -4.63. The van der Waals surface area contributed by atoms with Crippen molar-refractivity contribution >= 4 is 17.4 Å². The first-order chi connectivity index (χ1) is 9.24. The topological polar surface area (TPSA) is 47.0 Å². The molecule has 0 saturated heterocycles. The molecule has 0 radical (unpaired) electrons. The fourth-order valence-electron chi connectivity index (χ4n) is 1.45. The number of rotatable bonds is 6. The molecule has 0 aliphatic heterocycles. The molecule has 0 bridgehead atoms. The van der Waals surface area contributed by atoms with Gasteiger partial charge in [0, 0.05) is 12.7 Å². The summed E-state index contributed by atoms with van der Waals surface area (Å²) in [5.74, 6) is -1.06. The van der Waals surface area contributed by atoms with Gasteiger partial charge < -0.3 is 10.1 Å². The van der Waals surface area contributed by atoms with Crippen LogP contribution in [0.1, 0.15) is 26.6 Å². The molecular weight excluding hydrogens is 295 g/mol. The van der Waals surface area contributed by atoms with Crippen molar-refractivity contribution in [3.63, 3.8) is 0 Å². The third-order valence-electron chi connectivity index (χ3n) is 2.59. The van der Waals surface area contributed by atoms with Crippen molar-refractivity contribution in [1.29, 1.82) is 0 Å². The fraction of sp³-hybridized carbons (Fsp3) is 0.667. The zero-order valence-electron chi connectivity index (χ0n) is 11.5. The molecule has 114 valence electrons. The number of aromatic nitrogens is 2. The van der Waals surface area contributed by atoms with E-state index in [2.05, 4.69) is 15.3 Å². The number of nitrogens with one attached hydrogen (secondary N) is 1. The lowest BCUT2D eigenvalue weighted by molar-refractivity contribution is -0.144. The predicted molar refractivity (Wildman–Crippen MR) is 70.8 cm³/mol. The third-order valence-corrected chi connectivity index (χ3v) is 2.78. The van der Waals surface area contributed by atoms with E-state index >= 15 is 0 Å². The Kier molecular flexibility index (Phi) is 6.01. The number of nitrogens with zero attached hydrogens (tertiary/aromatic N) is 2. The number of hydrogen-bond donors (Lipinski definition) is 1. The number of alkyl halides is 3. The van der Waals surface area contributed by atoms with Crippen molar-refractivity contribution in [3.05, 3.63) is 17.0 Å². The molecule has 0 aromatic carbocycles. The standard InChI is InChI=1S/C12H17ClF3N3O/c1-4-20-6-8(7(2)3)17-10-5-9(13)18-11(19-10)12(14,15)16/h5,7-8H,4,6H2,1-3H3,(H,17,18,19). The Morgan fingerprint density at radius 1 is 1.35 bits per heavy atom. The lowest BCUT2D eigenvalue weighted by Gasteiger charge is -2.23. The quantitative estimate of drug-likeness (QED) is 0.815. The molecule has 1 heterocycles. The summed E-state index contributed by atoms with van der Waals surface area (Å²) in [5, 5.41) is 2.65. The van der Waals surface area contributed by atoms with Gasteiger partial charge in [0.2, 0.25) is 5.82 Å². The molecule has 0 fully saturated rings. The maximum Gasteiger partial charge on any atom is 0.451 e. The average Bonchev–Trinajstić information content (AvgIpc) is 2.32. The van der Waals surface area contributed by atoms with E-state index in [0.717, 1.165) is 0 Å². The van der Waals surface area contributed by atoms with E-state index in [4.69, 9.17) is 16.3 Å². The Labute approximate surface area is 120 Å². The molecule has 0 aliphatic carbocycles. The summed E-state index contributed by atoms with van der Waals surface area (Å²) in [7, 11) is 0. The summed E-state index contributed by atoms with van der Waals surface area (Å²) >= 11 is 5.60. The third kappa shape index (κ3) is 5.13. The van der Waals surface area contributed by atoms with Gasteiger partial charge in [-0.3, -0.25) is 0 Å². The van der Waals surface area contributed by atoms with Gasteiger partial charge in [0.15, 0.2) is 0 Å². The van der Waals surface area contributed by atoms with E-state index in [1.807, 2.05) is 20.8 Å². The number of ether oxygens (including phenoxy) is 1. The van der Waals surface area contributed by atoms with Crippen molar-refractivity contribution in [3.8, 4) is 0 Å². The summed E-state index contributed by atoms with van der Waals surface area (Å²) in [4.78, 5) is 6.63. The first-order valence-corrected chi connectivity index (χ1v) is 6.58. The van der Waals surface area contributed by atoms with Crippen LogP contribution in [0.2, 0.25) is 5.15 Å². The van der Waals surface area contributed by atoms with E-state index in [9.17, 15) is 13.2 Å². The minimum absolute atomic E-state index is 0.0377. The molecule has 0 amide bonds. The van der Waals surface area contributed by atoms with Gasteiger partial charge in [-0.05, 0) is 12.8 Å². The van der Waals surface area contributed by atoms with Crippen molar-refractivity contribution in [1.82, 2.24) is 9.97 Å². The number of anilines is 1. The molecule has 1 aromatic rings. The summed E-state index contributed by atoms with van der Waals surface area (Å²) in [6.45, 7) is 6.62. The Bertz CT molecular complexity index is 440. The second-order valence-electron chi connectivity index (χ2n) is 4.55. The molecule has 1 aromatic heterocycles. The molecule has 4 nitrogen and oxygen atoms in total. The van der Waals surface area contributed by atoms with Gasteiger partial charge in [-0.2, -0.15) is 13.2 Å². The van der Waals surface area contributed by atoms with Gasteiger partial charge in [-0.1, -0.05) is 25.4 Å². The Morgan fingerprint density at radius 3 is 2.50 bits per heavy atom. The molecule has 20 heavy (non-hydrogen) atoms. The first-order valence-electron chi connectivity index (χ1n) is 6.20. The fourth-order valence-corrected chi connectivity index (χ4v) is 1.64. The lowest BCUT2D eigenvalue weighted by Crippen LogP contribution is -2.31. The zero-order chi connectivity index (χ0) is 15.3. The van der Waals surface area contributed by atoms with Gasteiger partial charge in [-0.25, -0.2) is 9.97 Å². The Hall–Kier alpha value is -1.08. The van der Waals surface area contributed by atoms with Crippen LogP contribution in [0.15, 0.2) is 6.07 Å². The molecule has 1 rings (SSSR count). The summed E-state index contributed by atoms with van der Waals surface area (Å²) in [5.41, 5.74) is 0. The van der Waals surface area contributed by atoms with Gasteiger partial charge in [0.1, 0.15) is 11.0 Å². The average molecular weight is 312 g/mol.